The Bertz CT molecular complexity index is 1040. The Kier molecular flexibility index (Phi) is 5.65. The number of amides is 1. The van der Waals surface area contributed by atoms with Gasteiger partial charge in [0, 0.05) is 6.04 Å². The van der Waals surface area contributed by atoms with Gasteiger partial charge in [-0.05, 0) is 51.5 Å². The molecule has 27 heavy (non-hydrogen) atoms. The summed E-state index contributed by atoms with van der Waals surface area (Å²) in [5, 5.41) is 3.60. The van der Waals surface area contributed by atoms with Crippen molar-refractivity contribution in [2.24, 2.45) is 0 Å². The van der Waals surface area contributed by atoms with Gasteiger partial charge in [0.05, 0.1) is 21.8 Å². The summed E-state index contributed by atoms with van der Waals surface area (Å²) < 4.78 is 1.61. The zero-order chi connectivity index (χ0) is 19.6. The highest BCUT2D eigenvalue weighted by molar-refractivity contribution is 8.00. The van der Waals surface area contributed by atoms with E-state index in [1.165, 1.54) is 11.8 Å². The van der Waals surface area contributed by atoms with Gasteiger partial charge in [0.15, 0.2) is 5.16 Å². The van der Waals surface area contributed by atoms with Crippen LogP contribution in [0.2, 0.25) is 0 Å². The second kappa shape index (κ2) is 7.96. The van der Waals surface area contributed by atoms with Crippen LogP contribution in [0.25, 0.3) is 16.6 Å². The molecule has 0 radical (unpaired) electrons. The van der Waals surface area contributed by atoms with Crippen LogP contribution < -0.4 is 10.9 Å². The van der Waals surface area contributed by atoms with E-state index in [0.717, 1.165) is 11.3 Å². The highest BCUT2D eigenvalue weighted by Gasteiger charge is 2.21. The molecule has 0 fully saturated rings. The number of hydrogen-bond acceptors (Lipinski definition) is 4. The van der Waals surface area contributed by atoms with Crippen molar-refractivity contribution in [2.75, 3.05) is 0 Å². The number of para-hydroxylation sites is 2. The van der Waals surface area contributed by atoms with Gasteiger partial charge in [-0.2, -0.15) is 0 Å². The third-order valence-electron chi connectivity index (χ3n) is 4.18. The maximum Gasteiger partial charge on any atom is 0.266 e. The van der Waals surface area contributed by atoms with Crippen LogP contribution in [0.4, 0.5) is 0 Å². The summed E-state index contributed by atoms with van der Waals surface area (Å²) in [6.07, 6.45) is 0. The van der Waals surface area contributed by atoms with Crippen LogP contribution in [0.3, 0.4) is 0 Å². The van der Waals surface area contributed by atoms with Crippen LogP contribution in [0, 0.1) is 6.92 Å². The van der Waals surface area contributed by atoms with E-state index in [1.54, 1.807) is 10.6 Å². The maximum atomic E-state index is 13.2. The normalized spacial score (nSPS) is 12.3. The number of hydrogen-bond donors (Lipinski definition) is 1. The molecule has 0 spiro atoms. The van der Waals surface area contributed by atoms with E-state index in [0.29, 0.717) is 16.1 Å². The Morgan fingerprint density at radius 1 is 1.07 bits per heavy atom. The van der Waals surface area contributed by atoms with Crippen LogP contribution >= 0.6 is 11.8 Å². The average molecular weight is 382 g/mol. The summed E-state index contributed by atoms with van der Waals surface area (Å²) in [6, 6.07) is 15.0. The Labute approximate surface area is 162 Å². The first-order chi connectivity index (χ1) is 12.9. The van der Waals surface area contributed by atoms with Gasteiger partial charge in [-0.25, -0.2) is 4.98 Å². The lowest BCUT2D eigenvalue weighted by Crippen LogP contribution is -2.36. The van der Waals surface area contributed by atoms with E-state index < -0.39 is 0 Å². The highest BCUT2D eigenvalue weighted by Crippen LogP contribution is 2.26. The standard InChI is InChI=1S/C21H23N3O2S/c1-13(2)22-19(25)15(4)27-21-23-17-11-7-6-10-16(17)20(26)24(21)18-12-8-5-9-14(18)3/h5-13,15H,1-4H3,(H,22,25). The fourth-order valence-electron chi connectivity index (χ4n) is 2.83. The summed E-state index contributed by atoms with van der Waals surface area (Å²) in [4.78, 5) is 30.3. The zero-order valence-corrected chi connectivity index (χ0v) is 16.7. The van der Waals surface area contributed by atoms with Gasteiger partial charge in [-0.3, -0.25) is 14.2 Å². The van der Waals surface area contributed by atoms with Crippen LogP contribution in [-0.2, 0) is 4.79 Å². The summed E-state index contributed by atoms with van der Waals surface area (Å²) in [7, 11) is 0. The van der Waals surface area contributed by atoms with E-state index in [2.05, 4.69) is 5.32 Å². The number of thioether (sulfide) groups is 1. The molecule has 0 aliphatic carbocycles. The van der Waals surface area contributed by atoms with Crippen molar-refractivity contribution in [1.29, 1.82) is 0 Å². The van der Waals surface area contributed by atoms with Crippen molar-refractivity contribution < 1.29 is 4.79 Å². The van der Waals surface area contributed by atoms with Crippen LogP contribution in [0.1, 0.15) is 26.3 Å². The summed E-state index contributed by atoms with van der Waals surface area (Å²) in [6.45, 7) is 7.63. The Morgan fingerprint density at radius 3 is 2.44 bits per heavy atom. The van der Waals surface area contributed by atoms with Gasteiger partial charge >= 0.3 is 0 Å². The summed E-state index contributed by atoms with van der Waals surface area (Å²) in [5.41, 5.74) is 2.25. The predicted molar refractivity (Wildman–Crippen MR) is 111 cm³/mol. The number of aromatic nitrogens is 2. The number of rotatable bonds is 5. The molecule has 3 rings (SSSR count). The molecular weight excluding hydrogens is 358 g/mol. The number of benzene rings is 2. The Balaban J connectivity index is 2.16. The van der Waals surface area contributed by atoms with Crippen molar-refractivity contribution >= 4 is 28.6 Å². The minimum Gasteiger partial charge on any atom is -0.353 e. The molecule has 6 heteroatoms. The molecule has 5 nitrogen and oxygen atoms in total. The maximum absolute atomic E-state index is 13.2. The molecule has 1 amide bonds. The van der Waals surface area contributed by atoms with Crippen molar-refractivity contribution in [1.82, 2.24) is 14.9 Å². The van der Waals surface area contributed by atoms with Gasteiger partial charge in [-0.15, -0.1) is 0 Å². The minimum atomic E-state index is -0.379. The Hall–Kier alpha value is -2.60. The molecule has 1 aromatic heterocycles. The lowest BCUT2D eigenvalue weighted by Gasteiger charge is -2.18. The van der Waals surface area contributed by atoms with Crippen molar-refractivity contribution in [3.05, 3.63) is 64.4 Å². The van der Waals surface area contributed by atoms with E-state index in [4.69, 9.17) is 4.98 Å². The smallest absolute Gasteiger partial charge is 0.266 e. The van der Waals surface area contributed by atoms with Gasteiger partial charge in [0.2, 0.25) is 5.91 Å². The van der Waals surface area contributed by atoms with E-state index >= 15 is 0 Å². The average Bonchev–Trinajstić information content (AvgIpc) is 2.62. The van der Waals surface area contributed by atoms with E-state index in [1.807, 2.05) is 70.2 Å². The second-order valence-electron chi connectivity index (χ2n) is 6.76. The van der Waals surface area contributed by atoms with Crippen molar-refractivity contribution in [2.45, 2.75) is 44.1 Å². The third-order valence-corrected chi connectivity index (χ3v) is 5.24. The van der Waals surface area contributed by atoms with Crippen LogP contribution in [-0.4, -0.2) is 26.8 Å². The first kappa shape index (κ1) is 19.2. The van der Waals surface area contributed by atoms with Gasteiger partial charge < -0.3 is 5.32 Å². The number of fused-ring (bicyclic) bond motifs is 1. The molecule has 0 saturated heterocycles. The SMILES string of the molecule is Cc1ccccc1-n1c(SC(C)C(=O)NC(C)C)nc2ccccc2c1=O. The number of aryl methyl sites for hydroxylation is 1. The molecule has 0 aliphatic heterocycles. The van der Waals surface area contributed by atoms with Gasteiger partial charge in [0.25, 0.3) is 5.56 Å². The number of carbonyl (C=O) groups is 1. The molecule has 0 bridgehead atoms. The lowest BCUT2D eigenvalue weighted by atomic mass is 10.2. The summed E-state index contributed by atoms with van der Waals surface area (Å²) in [5.74, 6) is -0.0752. The monoisotopic (exact) mass is 381 g/mol. The van der Waals surface area contributed by atoms with Crippen LogP contribution in [0.15, 0.2) is 58.5 Å². The molecule has 140 valence electrons. The molecule has 0 aliphatic rings. The molecule has 1 N–H and O–H groups in total. The fraction of sp³-hybridized carbons (Fsp3) is 0.286. The van der Waals surface area contributed by atoms with Crippen molar-refractivity contribution in [3.8, 4) is 5.69 Å². The Morgan fingerprint density at radius 2 is 1.74 bits per heavy atom. The quantitative estimate of drug-likeness (QED) is 0.541. The lowest BCUT2D eigenvalue weighted by molar-refractivity contribution is -0.120. The van der Waals surface area contributed by atoms with E-state index in [9.17, 15) is 9.59 Å². The predicted octanol–water partition coefficient (Wildman–Crippen LogP) is 3.70. The zero-order valence-electron chi connectivity index (χ0n) is 15.9. The molecular formula is C21H23N3O2S. The number of nitrogens with one attached hydrogen (secondary N) is 1. The van der Waals surface area contributed by atoms with Gasteiger partial charge in [0.1, 0.15) is 0 Å². The largest absolute Gasteiger partial charge is 0.353 e. The first-order valence-corrected chi connectivity index (χ1v) is 9.81. The molecule has 1 atom stereocenters. The van der Waals surface area contributed by atoms with Crippen molar-refractivity contribution in [3.63, 3.8) is 0 Å². The van der Waals surface area contributed by atoms with Crippen LogP contribution in [0.5, 0.6) is 0 Å². The molecule has 3 aromatic rings. The molecule has 2 aromatic carbocycles. The highest BCUT2D eigenvalue weighted by atomic mass is 32.2. The number of carbonyl (C=O) groups excluding carboxylic acids is 1. The molecule has 1 heterocycles. The topological polar surface area (TPSA) is 64.0 Å². The number of nitrogens with zero attached hydrogens (tertiary/aromatic N) is 2. The molecule has 1 unspecified atom stereocenters. The minimum absolute atomic E-state index is 0.0590. The third kappa shape index (κ3) is 4.06. The van der Waals surface area contributed by atoms with Gasteiger partial charge in [-0.1, -0.05) is 42.1 Å². The first-order valence-electron chi connectivity index (χ1n) is 8.93. The molecule has 0 saturated carbocycles. The summed E-state index contributed by atoms with van der Waals surface area (Å²) >= 11 is 1.29. The van der Waals surface area contributed by atoms with E-state index in [-0.39, 0.29) is 22.8 Å². The second-order valence-corrected chi connectivity index (χ2v) is 8.07. The fourth-order valence-corrected chi connectivity index (χ4v) is 3.76.